The van der Waals surface area contributed by atoms with E-state index in [1.165, 1.54) is 5.57 Å². The maximum Gasteiger partial charge on any atom is 0.339 e. The number of carboxylic acid groups (broad SMARTS) is 1. The summed E-state index contributed by atoms with van der Waals surface area (Å²) in [5.74, 6) is -0.392. The van der Waals surface area contributed by atoms with Crippen molar-refractivity contribution in [3.05, 3.63) is 34.4 Å². The minimum Gasteiger partial charge on any atom is -0.507 e. The summed E-state index contributed by atoms with van der Waals surface area (Å²) in [4.78, 5) is 11.5. The number of allylic oxidation sites excluding steroid dienone is 2. The Hall–Kier alpha value is -1.97. The van der Waals surface area contributed by atoms with Gasteiger partial charge in [0.15, 0.2) is 0 Å². The van der Waals surface area contributed by atoms with Gasteiger partial charge in [0.2, 0.25) is 0 Å². The molecule has 0 saturated carbocycles. The van der Waals surface area contributed by atoms with Crippen LogP contribution in [0, 0.1) is 12.8 Å². The SMILES string of the molecule is CC1=C[C@H]2c3c(cc(C)c(C(=O)O)c3O)OC(C)(C)[C@H]2CC1. The lowest BCUT2D eigenvalue weighted by Gasteiger charge is -2.46. The van der Waals surface area contributed by atoms with Gasteiger partial charge in [-0.3, -0.25) is 0 Å². The lowest BCUT2D eigenvalue weighted by molar-refractivity contribution is 0.0107. The van der Waals surface area contributed by atoms with Crippen molar-refractivity contribution in [2.75, 3.05) is 0 Å². The number of ether oxygens (including phenoxy) is 1. The van der Waals surface area contributed by atoms with E-state index in [9.17, 15) is 15.0 Å². The predicted molar refractivity (Wildman–Crippen MR) is 83.7 cm³/mol. The van der Waals surface area contributed by atoms with Gasteiger partial charge in [-0.15, -0.1) is 0 Å². The molecule has 118 valence electrons. The first-order chi connectivity index (χ1) is 10.2. The van der Waals surface area contributed by atoms with Crippen LogP contribution in [0.15, 0.2) is 17.7 Å². The number of aromatic hydroxyl groups is 1. The third kappa shape index (κ3) is 2.09. The van der Waals surface area contributed by atoms with Gasteiger partial charge in [-0.1, -0.05) is 11.6 Å². The lowest BCUT2D eigenvalue weighted by Crippen LogP contribution is -2.45. The number of benzene rings is 1. The number of phenols is 1. The molecule has 0 spiro atoms. The molecule has 2 atom stereocenters. The number of aromatic carboxylic acids is 1. The van der Waals surface area contributed by atoms with Gasteiger partial charge < -0.3 is 14.9 Å². The highest BCUT2D eigenvalue weighted by atomic mass is 16.5. The van der Waals surface area contributed by atoms with Gasteiger partial charge in [0, 0.05) is 17.4 Å². The normalized spacial score (nSPS) is 25.5. The van der Waals surface area contributed by atoms with Crippen molar-refractivity contribution < 1.29 is 19.7 Å². The molecule has 22 heavy (non-hydrogen) atoms. The molecule has 2 aliphatic rings. The fourth-order valence-corrected chi connectivity index (χ4v) is 3.95. The summed E-state index contributed by atoms with van der Waals surface area (Å²) in [6.45, 7) is 7.91. The monoisotopic (exact) mass is 302 g/mol. The van der Waals surface area contributed by atoms with E-state index < -0.39 is 5.97 Å². The zero-order valence-electron chi connectivity index (χ0n) is 13.4. The molecule has 1 aromatic carbocycles. The summed E-state index contributed by atoms with van der Waals surface area (Å²) in [6.07, 6.45) is 4.16. The Balaban J connectivity index is 2.28. The van der Waals surface area contributed by atoms with Crippen LogP contribution in [0.3, 0.4) is 0 Å². The predicted octanol–water partition coefficient (Wildman–Crippen LogP) is 4.01. The van der Waals surface area contributed by atoms with Crippen LogP contribution in [-0.2, 0) is 0 Å². The molecule has 1 aliphatic carbocycles. The number of rotatable bonds is 1. The molecule has 0 unspecified atom stereocenters. The number of carboxylic acids is 1. The molecule has 3 rings (SSSR count). The van der Waals surface area contributed by atoms with Crippen LogP contribution in [-0.4, -0.2) is 21.8 Å². The average molecular weight is 302 g/mol. The van der Waals surface area contributed by atoms with Gasteiger partial charge in [-0.2, -0.15) is 0 Å². The lowest BCUT2D eigenvalue weighted by atomic mass is 9.67. The second kappa shape index (κ2) is 4.77. The van der Waals surface area contributed by atoms with Gasteiger partial charge in [0.1, 0.15) is 22.7 Å². The molecule has 1 heterocycles. The summed E-state index contributed by atoms with van der Waals surface area (Å²) in [5, 5.41) is 20.0. The molecular weight excluding hydrogens is 280 g/mol. The average Bonchev–Trinajstić information content (AvgIpc) is 2.35. The third-order valence-corrected chi connectivity index (χ3v) is 5.06. The molecule has 0 aromatic heterocycles. The molecule has 0 saturated heterocycles. The maximum atomic E-state index is 11.5. The van der Waals surface area contributed by atoms with Gasteiger partial charge in [0.05, 0.1) is 0 Å². The quantitative estimate of drug-likeness (QED) is 0.769. The summed E-state index contributed by atoms with van der Waals surface area (Å²) in [5.41, 5.74) is 2.08. The van der Waals surface area contributed by atoms with E-state index in [0.29, 0.717) is 16.9 Å². The highest BCUT2D eigenvalue weighted by Crippen LogP contribution is 2.54. The molecule has 0 fully saturated rings. The van der Waals surface area contributed by atoms with Crippen molar-refractivity contribution in [2.24, 2.45) is 5.92 Å². The minimum absolute atomic E-state index is 0.00574. The molecule has 0 bridgehead atoms. The van der Waals surface area contributed by atoms with Crippen molar-refractivity contribution >= 4 is 5.97 Å². The molecule has 4 heteroatoms. The van der Waals surface area contributed by atoms with Crippen molar-refractivity contribution in [1.82, 2.24) is 0 Å². The molecule has 0 amide bonds. The van der Waals surface area contributed by atoms with Crippen LogP contribution in [0.25, 0.3) is 0 Å². The van der Waals surface area contributed by atoms with Gasteiger partial charge >= 0.3 is 5.97 Å². The van der Waals surface area contributed by atoms with Gasteiger partial charge in [-0.25, -0.2) is 4.79 Å². The number of hydrogen-bond donors (Lipinski definition) is 2. The fourth-order valence-electron chi connectivity index (χ4n) is 3.95. The zero-order chi connectivity index (χ0) is 16.2. The van der Waals surface area contributed by atoms with Crippen molar-refractivity contribution in [3.63, 3.8) is 0 Å². The molecule has 4 nitrogen and oxygen atoms in total. The Morgan fingerprint density at radius 2 is 2.05 bits per heavy atom. The first kappa shape index (κ1) is 14.9. The van der Waals surface area contributed by atoms with E-state index in [1.54, 1.807) is 13.0 Å². The van der Waals surface area contributed by atoms with Crippen LogP contribution in [0.2, 0.25) is 0 Å². The van der Waals surface area contributed by atoms with E-state index >= 15 is 0 Å². The largest absolute Gasteiger partial charge is 0.507 e. The van der Waals surface area contributed by atoms with Crippen LogP contribution in [0.1, 0.15) is 61.0 Å². The molecular formula is C18H22O4. The van der Waals surface area contributed by atoms with Crippen LogP contribution >= 0.6 is 0 Å². The van der Waals surface area contributed by atoms with Crippen LogP contribution in [0.5, 0.6) is 11.5 Å². The Labute approximate surface area is 130 Å². The van der Waals surface area contributed by atoms with E-state index in [1.807, 2.05) is 0 Å². The first-order valence-electron chi connectivity index (χ1n) is 7.68. The summed E-state index contributed by atoms with van der Waals surface area (Å²) < 4.78 is 6.14. The topological polar surface area (TPSA) is 66.8 Å². The maximum absolute atomic E-state index is 11.5. The number of fused-ring (bicyclic) bond motifs is 3. The second-order valence-electron chi connectivity index (χ2n) is 7.02. The number of carbonyl (C=O) groups is 1. The molecule has 0 radical (unpaired) electrons. The Morgan fingerprint density at radius 3 is 2.68 bits per heavy atom. The van der Waals surface area contributed by atoms with Gasteiger partial charge in [0.25, 0.3) is 0 Å². The second-order valence-corrected chi connectivity index (χ2v) is 7.02. The van der Waals surface area contributed by atoms with Crippen LogP contribution < -0.4 is 4.74 Å². The smallest absolute Gasteiger partial charge is 0.339 e. The number of aryl methyl sites for hydroxylation is 1. The molecule has 1 aromatic rings. The summed E-state index contributed by atoms with van der Waals surface area (Å²) in [6, 6.07) is 1.74. The van der Waals surface area contributed by atoms with Crippen LogP contribution in [0.4, 0.5) is 0 Å². The highest BCUT2D eigenvalue weighted by Gasteiger charge is 2.46. The van der Waals surface area contributed by atoms with Crippen molar-refractivity contribution in [3.8, 4) is 11.5 Å². The molecule has 2 N–H and O–H groups in total. The van der Waals surface area contributed by atoms with E-state index in [2.05, 4.69) is 26.8 Å². The Bertz CT molecular complexity index is 685. The van der Waals surface area contributed by atoms with Gasteiger partial charge in [-0.05, 0) is 52.2 Å². The van der Waals surface area contributed by atoms with E-state index in [4.69, 9.17) is 4.74 Å². The first-order valence-corrected chi connectivity index (χ1v) is 7.68. The molecule has 1 aliphatic heterocycles. The Morgan fingerprint density at radius 1 is 1.36 bits per heavy atom. The number of hydrogen-bond acceptors (Lipinski definition) is 3. The minimum atomic E-state index is -1.10. The van der Waals surface area contributed by atoms with Crippen molar-refractivity contribution in [2.45, 2.75) is 52.1 Å². The summed E-state index contributed by atoms with van der Waals surface area (Å²) in [7, 11) is 0. The van der Waals surface area contributed by atoms with Crippen molar-refractivity contribution in [1.29, 1.82) is 0 Å². The fraction of sp³-hybridized carbons (Fsp3) is 0.500. The summed E-state index contributed by atoms with van der Waals surface area (Å²) >= 11 is 0. The van der Waals surface area contributed by atoms with E-state index in [0.717, 1.165) is 12.8 Å². The Kier molecular flexibility index (Phi) is 3.24. The third-order valence-electron chi connectivity index (χ3n) is 5.06. The standard InChI is InChI=1S/C18H22O4/c1-9-5-6-12-11(7-9)15-13(22-18(12,3)4)8-10(2)14(16(15)19)17(20)21/h7-8,11-12,19H,5-6H2,1-4H3,(H,20,21)/t11-,12+/m1/s1. The zero-order valence-corrected chi connectivity index (χ0v) is 13.4. The highest BCUT2D eigenvalue weighted by molar-refractivity contribution is 5.93. The van der Waals surface area contributed by atoms with E-state index in [-0.39, 0.29) is 28.7 Å².